The van der Waals surface area contributed by atoms with Gasteiger partial charge in [-0.15, -0.1) is 0 Å². The van der Waals surface area contributed by atoms with Crippen LogP contribution in [0.15, 0.2) is 24.3 Å². The van der Waals surface area contributed by atoms with Gasteiger partial charge in [-0.25, -0.2) is 4.98 Å². The standard InChI is InChI=1S/C18H26N4OS/c1-12(2)9-16(18-21-14-5-3-4-6-15(14)22-18)20-17(23)10-13-11-24-8-7-19-13/h3-6,12-13,16,19H,7-11H2,1-2H3,(H,20,23)(H,21,22). The molecule has 1 amide bonds. The summed E-state index contributed by atoms with van der Waals surface area (Å²) in [7, 11) is 0. The van der Waals surface area contributed by atoms with E-state index in [9.17, 15) is 4.79 Å². The average Bonchev–Trinajstić information content (AvgIpc) is 2.98. The predicted octanol–water partition coefficient (Wildman–Crippen LogP) is 2.86. The quantitative estimate of drug-likeness (QED) is 0.752. The monoisotopic (exact) mass is 346 g/mol. The molecule has 130 valence electrons. The summed E-state index contributed by atoms with van der Waals surface area (Å²) in [4.78, 5) is 20.5. The van der Waals surface area contributed by atoms with Crippen LogP contribution in [0.4, 0.5) is 0 Å². The summed E-state index contributed by atoms with van der Waals surface area (Å²) in [6.07, 6.45) is 1.40. The first-order valence-electron chi connectivity index (χ1n) is 8.67. The second kappa shape index (κ2) is 8.03. The number of imidazole rings is 1. The van der Waals surface area contributed by atoms with Gasteiger partial charge < -0.3 is 15.6 Å². The second-order valence-corrected chi connectivity index (χ2v) is 7.97. The minimum absolute atomic E-state index is 0.0684. The van der Waals surface area contributed by atoms with E-state index in [0.717, 1.165) is 41.3 Å². The number of hydrogen-bond acceptors (Lipinski definition) is 4. The third-order valence-electron chi connectivity index (χ3n) is 4.21. The Bertz CT molecular complexity index is 645. The summed E-state index contributed by atoms with van der Waals surface area (Å²) < 4.78 is 0. The van der Waals surface area contributed by atoms with Crippen molar-refractivity contribution in [2.75, 3.05) is 18.1 Å². The molecular weight excluding hydrogens is 320 g/mol. The zero-order chi connectivity index (χ0) is 16.9. The van der Waals surface area contributed by atoms with Crippen LogP contribution >= 0.6 is 11.8 Å². The van der Waals surface area contributed by atoms with Gasteiger partial charge in [-0.05, 0) is 24.5 Å². The number of carbonyl (C=O) groups is 1. The van der Waals surface area contributed by atoms with Crippen LogP contribution in [0.3, 0.4) is 0 Å². The molecule has 1 aromatic heterocycles. The van der Waals surface area contributed by atoms with Crippen LogP contribution in [-0.4, -0.2) is 40.0 Å². The van der Waals surface area contributed by atoms with E-state index in [2.05, 4.69) is 34.4 Å². The van der Waals surface area contributed by atoms with Crippen LogP contribution in [-0.2, 0) is 4.79 Å². The van der Waals surface area contributed by atoms with Crippen LogP contribution in [0.5, 0.6) is 0 Å². The first-order valence-corrected chi connectivity index (χ1v) is 9.82. The van der Waals surface area contributed by atoms with Gasteiger partial charge in [0.15, 0.2) is 0 Å². The number of H-pyrrole nitrogens is 1. The van der Waals surface area contributed by atoms with E-state index in [-0.39, 0.29) is 18.0 Å². The largest absolute Gasteiger partial charge is 0.346 e. The fourth-order valence-corrected chi connectivity index (χ4v) is 4.02. The molecule has 1 fully saturated rings. The third-order valence-corrected chi connectivity index (χ3v) is 5.34. The molecule has 0 saturated carbocycles. The van der Waals surface area contributed by atoms with Crippen molar-refractivity contribution in [3.8, 4) is 0 Å². The smallest absolute Gasteiger partial charge is 0.222 e. The molecule has 24 heavy (non-hydrogen) atoms. The number of fused-ring (bicyclic) bond motifs is 1. The number of amides is 1. The van der Waals surface area contributed by atoms with Gasteiger partial charge in [0, 0.05) is 30.5 Å². The van der Waals surface area contributed by atoms with E-state index in [0.29, 0.717) is 12.3 Å². The van der Waals surface area contributed by atoms with Crippen LogP contribution in [0.2, 0.25) is 0 Å². The Hall–Kier alpha value is -1.53. The number of aromatic amines is 1. The van der Waals surface area contributed by atoms with E-state index < -0.39 is 0 Å². The lowest BCUT2D eigenvalue weighted by Gasteiger charge is -2.24. The molecule has 0 aliphatic carbocycles. The van der Waals surface area contributed by atoms with Crippen molar-refractivity contribution < 1.29 is 4.79 Å². The summed E-state index contributed by atoms with van der Waals surface area (Å²) in [5.74, 6) is 3.57. The van der Waals surface area contributed by atoms with Gasteiger partial charge in [-0.2, -0.15) is 11.8 Å². The maximum absolute atomic E-state index is 12.5. The maximum Gasteiger partial charge on any atom is 0.222 e. The fraction of sp³-hybridized carbons (Fsp3) is 0.556. The number of carbonyl (C=O) groups excluding carboxylic acids is 1. The molecule has 0 spiro atoms. The van der Waals surface area contributed by atoms with Gasteiger partial charge in [0.05, 0.1) is 17.1 Å². The van der Waals surface area contributed by atoms with E-state index in [4.69, 9.17) is 0 Å². The summed E-state index contributed by atoms with van der Waals surface area (Å²) in [5, 5.41) is 6.61. The lowest BCUT2D eigenvalue weighted by Crippen LogP contribution is -2.42. The molecule has 2 aromatic rings. The average molecular weight is 346 g/mol. The Morgan fingerprint density at radius 1 is 1.42 bits per heavy atom. The van der Waals surface area contributed by atoms with Gasteiger partial charge in [0.25, 0.3) is 0 Å². The minimum Gasteiger partial charge on any atom is -0.346 e. The Balaban J connectivity index is 1.69. The predicted molar refractivity (Wildman–Crippen MR) is 100 cm³/mol. The number of nitrogens with zero attached hydrogens (tertiary/aromatic N) is 1. The highest BCUT2D eigenvalue weighted by atomic mass is 32.2. The Morgan fingerprint density at radius 3 is 2.96 bits per heavy atom. The molecule has 1 aromatic carbocycles. The lowest BCUT2D eigenvalue weighted by atomic mass is 10.0. The molecular formula is C18H26N4OS. The van der Waals surface area contributed by atoms with Crippen LogP contribution in [0, 0.1) is 5.92 Å². The molecule has 1 aliphatic rings. The number of nitrogens with one attached hydrogen (secondary N) is 3. The Morgan fingerprint density at radius 2 is 2.25 bits per heavy atom. The van der Waals surface area contributed by atoms with Crippen molar-refractivity contribution in [3.05, 3.63) is 30.1 Å². The van der Waals surface area contributed by atoms with Crippen molar-refractivity contribution in [1.29, 1.82) is 0 Å². The summed E-state index contributed by atoms with van der Waals surface area (Å²) >= 11 is 1.91. The Labute approximate surface area is 147 Å². The molecule has 2 heterocycles. The van der Waals surface area contributed by atoms with Crippen LogP contribution < -0.4 is 10.6 Å². The van der Waals surface area contributed by atoms with Gasteiger partial charge in [-0.1, -0.05) is 26.0 Å². The molecule has 5 nitrogen and oxygen atoms in total. The number of aromatic nitrogens is 2. The van der Waals surface area contributed by atoms with Crippen molar-refractivity contribution in [2.45, 2.75) is 38.8 Å². The number of para-hydroxylation sites is 2. The van der Waals surface area contributed by atoms with Gasteiger partial charge in [0.1, 0.15) is 5.82 Å². The molecule has 2 unspecified atom stereocenters. The molecule has 1 saturated heterocycles. The minimum atomic E-state index is -0.0684. The summed E-state index contributed by atoms with van der Waals surface area (Å²) in [6, 6.07) is 8.19. The first kappa shape index (κ1) is 17.3. The van der Waals surface area contributed by atoms with E-state index in [1.807, 2.05) is 36.0 Å². The van der Waals surface area contributed by atoms with Crippen molar-refractivity contribution in [2.24, 2.45) is 5.92 Å². The molecule has 3 N–H and O–H groups in total. The summed E-state index contributed by atoms with van der Waals surface area (Å²) in [6.45, 7) is 5.32. The topological polar surface area (TPSA) is 69.8 Å². The number of hydrogen-bond donors (Lipinski definition) is 3. The van der Waals surface area contributed by atoms with Crippen molar-refractivity contribution in [3.63, 3.8) is 0 Å². The zero-order valence-electron chi connectivity index (χ0n) is 14.3. The van der Waals surface area contributed by atoms with E-state index in [1.165, 1.54) is 0 Å². The molecule has 2 atom stereocenters. The van der Waals surface area contributed by atoms with Crippen LogP contribution in [0.25, 0.3) is 11.0 Å². The maximum atomic E-state index is 12.5. The lowest BCUT2D eigenvalue weighted by molar-refractivity contribution is -0.122. The molecule has 0 bridgehead atoms. The number of benzene rings is 1. The van der Waals surface area contributed by atoms with E-state index in [1.54, 1.807) is 0 Å². The third kappa shape index (κ3) is 4.51. The van der Waals surface area contributed by atoms with Crippen molar-refractivity contribution >= 4 is 28.7 Å². The number of rotatable bonds is 6. The molecule has 3 rings (SSSR count). The zero-order valence-corrected chi connectivity index (χ0v) is 15.2. The highest BCUT2D eigenvalue weighted by Gasteiger charge is 2.22. The fourth-order valence-electron chi connectivity index (χ4n) is 3.08. The van der Waals surface area contributed by atoms with E-state index >= 15 is 0 Å². The molecule has 1 aliphatic heterocycles. The van der Waals surface area contributed by atoms with Gasteiger partial charge in [0.2, 0.25) is 5.91 Å². The summed E-state index contributed by atoms with van der Waals surface area (Å²) in [5.41, 5.74) is 1.96. The Kier molecular flexibility index (Phi) is 5.79. The van der Waals surface area contributed by atoms with Crippen molar-refractivity contribution in [1.82, 2.24) is 20.6 Å². The highest BCUT2D eigenvalue weighted by Crippen LogP contribution is 2.22. The van der Waals surface area contributed by atoms with Gasteiger partial charge >= 0.3 is 0 Å². The molecule has 0 radical (unpaired) electrons. The number of thioether (sulfide) groups is 1. The highest BCUT2D eigenvalue weighted by molar-refractivity contribution is 7.99. The van der Waals surface area contributed by atoms with Gasteiger partial charge in [-0.3, -0.25) is 4.79 Å². The SMILES string of the molecule is CC(C)CC(NC(=O)CC1CSCCN1)c1nc2ccccc2[nH]1. The normalized spacial score (nSPS) is 19.5. The second-order valence-electron chi connectivity index (χ2n) is 6.82. The van der Waals surface area contributed by atoms with Crippen LogP contribution in [0.1, 0.15) is 38.6 Å². The molecule has 6 heteroatoms. The first-order chi connectivity index (χ1) is 11.6.